The summed E-state index contributed by atoms with van der Waals surface area (Å²) >= 11 is 0. The molecule has 1 atom stereocenters. The first-order valence-electron chi connectivity index (χ1n) is 7.63. The van der Waals surface area contributed by atoms with Crippen molar-refractivity contribution in [2.75, 3.05) is 16.6 Å². The molecule has 2 aromatic rings. The number of ether oxygens (including phenoxy) is 1. The van der Waals surface area contributed by atoms with Crippen LogP contribution in [-0.2, 0) is 16.4 Å². The van der Waals surface area contributed by atoms with E-state index in [9.17, 15) is 8.42 Å². The van der Waals surface area contributed by atoms with Gasteiger partial charge in [0.05, 0.1) is 17.2 Å². The summed E-state index contributed by atoms with van der Waals surface area (Å²) in [6.45, 7) is 4.41. The van der Waals surface area contributed by atoms with Gasteiger partial charge < -0.3 is 10.1 Å². The van der Waals surface area contributed by atoms with Crippen molar-refractivity contribution in [3.8, 4) is 5.75 Å². The number of anilines is 2. The van der Waals surface area contributed by atoms with Crippen LogP contribution in [0.25, 0.3) is 0 Å². The average Bonchev–Trinajstić information content (AvgIpc) is 2.88. The van der Waals surface area contributed by atoms with E-state index in [0.717, 1.165) is 17.7 Å². The summed E-state index contributed by atoms with van der Waals surface area (Å²) in [6.07, 6.45) is 0.828. The van der Waals surface area contributed by atoms with Gasteiger partial charge in [0.2, 0.25) is 0 Å². The van der Waals surface area contributed by atoms with Gasteiger partial charge in [-0.2, -0.15) is 0 Å². The Labute approximate surface area is 136 Å². The molecule has 0 saturated carbocycles. The zero-order chi connectivity index (χ0) is 16.4. The van der Waals surface area contributed by atoms with Crippen molar-refractivity contribution in [2.45, 2.75) is 31.2 Å². The molecule has 0 saturated heterocycles. The van der Waals surface area contributed by atoms with E-state index in [1.807, 2.05) is 19.1 Å². The quantitative estimate of drug-likeness (QED) is 0.882. The molecule has 0 aromatic heterocycles. The molecule has 0 unspecified atom stereocenters. The third-order valence-electron chi connectivity index (χ3n) is 3.75. The zero-order valence-electron chi connectivity index (χ0n) is 13.2. The van der Waals surface area contributed by atoms with Crippen LogP contribution in [0.4, 0.5) is 11.4 Å². The molecular weight excluding hydrogens is 312 g/mol. The van der Waals surface area contributed by atoms with Gasteiger partial charge in [0.15, 0.2) is 0 Å². The lowest BCUT2D eigenvalue weighted by Gasteiger charge is -2.13. The second kappa shape index (κ2) is 6.12. The smallest absolute Gasteiger partial charge is 0.262 e. The van der Waals surface area contributed by atoms with Crippen molar-refractivity contribution < 1.29 is 13.2 Å². The van der Waals surface area contributed by atoms with Gasteiger partial charge in [-0.25, -0.2) is 8.42 Å². The van der Waals surface area contributed by atoms with E-state index in [0.29, 0.717) is 24.1 Å². The molecule has 122 valence electrons. The first-order chi connectivity index (χ1) is 11.0. The molecule has 2 aromatic carbocycles. The Kier molecular flexibility index (Phi) is 4.17. The third-order valence-corrected chi connectivity index (χ3v) is 5.11. The van der Waals surface area contributed by atoms with Crippen molar-refractivity contribution in [1.82, 2.24) is 0 Å². The molecule has 0 radical (unpaired) electrons. The zero-order valence-corrected chi connectivity index (χ0v) is 14.0. The lowest BCUT2D eigenvalue weighted by Crippen LogP contribution is -2.14. The summed E-state index contributed by atoms with van der Waals surface area (Å²) < 4.78 is 33.4. The Morgan fingerprint density at radius 2 is 2.04 bits per heavy atom. The highest BCUT2D eigenvalue weighted by Crippen LogP contribution is 2.30. The number of sulfonamides is 1. The second-order valence-electron chi connectivity index (χ2n) is 5.60. The summed E-state index contributed by atoms with van der Waals surface area (Å²) in [7, 11) is -3.65. The van der Waals surface area contributed by atoms with Crippen molar-refractivity contribution in [3.63, 3.8) is 0 Å². The molecule has 0 amide bonds. The van der Waals surface area contributed by atoms with E-state index >= 15 is 0 Å². The van der Waals surface area contributed by atoms with Gasteiger partial charge in [0.1, 0.15) is 5.75 Å². The van der Waals surface area contributed by atoms with Gasteiger partial charge in [-0.1, -0.05) is 12.1 Å². The molecule has 0 aliphatic carbocycles. The summed E-state index contributed by atoms with van der Waals surface area (Å²) in [6, 6.07) is 12.5. The van der Waals surface area contributed by atoms with Gasteiger partial charge in [-0.05, 0) is 56.2 Å². The minimum absolute atomic E-state index is 0.262. The molecule has 1 aliphatic heterocycles. The maximum Gasteiger partial charge on any atom is 0.262 e. The summed E-state index contributed by atoms with van der Waals surface area (Å²) in [4.78, 5) is 0.262. The van der Waals surface area contributed by atoms with Crippen LogP contribution >= 0.6 is 0 Å². The molecule has 1 heterocycles. The Bertz CT molecular complexity index is 818. The monoisotopic (exact) mass is 332 g/mol. The minimum Gasteiger partial charge on any atom is -0.492 e. The number of nitrogens with one attached hydrogen (secondary N) is 2. The molecular formula is C17H20N2O3S. The van der Waals surface area contributed by atoms with Gasteiger partial charge in [0.25, 0.3) is 10.0 Å². The van der Waals surface area contributed by atoms with E-state index in [-0.39, 0.29) is 4.90 Å². The fourth-order valence-corrected chi connectivity index (χ4v) is 3.85. The predicted molar refractivity (Wildman–Crippen MR) is 91.7 cm³/mol. The summed E-state index contributed by atoms with van der Waals surface area (Å²) in [5, 5.41) is 3.32. The highest BCUT2D eigenvalue weighted by molar-refractivity contribution is 7.92. The average molecular weight is 332 g/mol. The lowest BCUT2D eigenvalue weighted by atomic mass is 10.1. The van der Waals surface area contributed by atoms with Crippen molar-refractivity contribution >= 4 is 21.4 Å². The molecule has 0 bridgehead atoms. The van der Waals surface area contributed by atoms with Crippen LogP contribution in [0.15, 0.2) is 47.4 Å². The normalized spacial score (nSPS) is 16.5. The van der Waals surface area contributed by atoms with Crippen molar-refractivity contribution in [3.05, 3.63) is 48.0 Å². The SMILES string of the molecule is CCOc1ccccc1NS(=O)(=O)c1ccc2c(c1)C[C@H](C)N2. The minimum atomic E-state index is -3.65. The highest BCUT2D eigenvalue weighted by atomic mass is 32.2. The molecule has 0 fully saturated rings. The summed E-state index contributed by atoms with van der Waals surface area (Å²) in [5.41, 5.74) is 2.48. The van der Waals surface area contributed by atoms with Gasteiger partial charge in [-0.3, -0.25) is 4.72 Å². The van der Waals surface area contributed by atoms with Gasteiger partial charge >= 0.3 is 0 Å². The predicted octanol–water partition coefficient (Wildman–Crippen LogP) is 3.24. The van der Waals surface area contributed by atoms with Crippen LogP contribution in [0.1, 0.15) is 19.4 Å². The molecule has 1 aliphatic rings. The fourth-order valence-electron chi connectivity index (χ4n) is 2.73. The summed E-state index contributed by atoms with van der Waals surface area (Å²) in [5.74, 6) is 0.523. The number of rotatable bonds is 5. The van der Waals surface area contributed by atoms with E-state index in [1.54, 1.807) is 30.3 Å². The van der Waals surface area contributed by atoms with Crippen LogP contribution in [0, 0.1) is 0 Å². The first-order valence-corrected chi connectivity index (χ1v) is 9.12. The van der Waals surface area contributed by atoms with Crippen LogP contribution < -0.4 is 14.8 Å². The highest BCUT2D eigenvalue weighted by Gasteiger charge is 2.22. The maximum absolute atomic E-state index is 12.7. The Hall–Kier alpha value is -2.21. The Morgan fingerprint density at radius 3 is 2.83 bits per heavy atom. The van der Waals surface area contributed by atoms with Gasteiger partial charge in [-0.15, -0.1) is 0 Å². The van der Waals surface area contributed by atoms with E-state index in [1.165, 1.54) is 0 Å². The fraction of sp³-hybridized carbons (Fsp3) is 0.294. The van der Waals surface area contributed by atoms with Crippen LogP contribution in [0.5, 0.6) is 5.75 Å². The van der Waals surface area contributed by atoms with Gasteiger partial charge in [0, 0.05) is 11.7 Å². The van der Waals surface area contributed by atoms with Crippen molar-refractivity contribution in [1.29, 1.82) is 0 Å². The Morgan fingerprint density at radius 1 is 1.26 bits per heavy atom. The number of para-hydroxylation sites is 2. The second-order valence-corrected chi connectivity index (χ2v) is 7.29. The molecule has 6 heteroatoms. The van der Waals surface area contributed by atoms with E-state index in [2.05, 4.69) is 17.0 Å². The topological polar surface area (TPSA) is 67.4 Å². The van der Waals surface area contributed by atoms with Crippen molar-refractivity contribution in [2.24, 2.45) is 0 Å². The Balaban J connectivity index is 1.90. The number of hydrogen-bond donors (Lipinski definition) is 2. The number of hydrogen-bond acceptors (Lipinski definition) is 4. The van der Waals surface area contributed by atoms with Crippen LogP contribution in [-0.4, -0.2) is 21.1 Å². The number of fused-ring (bicyclic) bond motifs is 1. The van der Waals surface area contributed by atoms with Crippen LogP contribution in [0.3, 0.4) is 0 Å². The van der Waals surface area contributed by atoms with Crippen LogP contribution in [0.2, 0.25) is 0 Å². The third kappa shape index (κ3) is 3.27. The standard InChI is InChI=1S/C17H20N2O3S/c1-3-22-17-7-5-4-6-16(17)19-23(20,21)14-8-9-15-13(11-14)10-12(2)18-15/h4-9,11-12,18-19H,3,10H2,1-2H3/t12-/m0/s1. The molecule has 5 nitrogen and oxygen atoms in total. The molecule has 23 heavy (non-hydrogen) atoms. The molecule has 3 rings (SSSR count). The van der Waals surface area contributed by atoms with E-state index in [4.69, 9.17) is 4.74 Å². The lowest BCUT2D eigenvalue weighted by molar-refractivity contribution is 0.342. The first kappa shape index (κ1) is 15.7. The molecule has 2 N–H and O–H groups in total. The largest absolute Gasteiger partial charge is 0.492 e. The maximum atomic E-state index is 12.7. The molecule has 0 spiro atoms. The number of benzene rings is 2. The van der Waals surface area contributed by atoms with E-state index < -0.39 is 10.0 Å².